The summed E-state index contributed by atoms with van der Waals surface area (Å²) in [7, 11) is 1.60. The van der Waals surface area contributed by atoms with Gasteiger partial charge in [0.15, 0.2) is 0 Å². The van der Waals surface area contributed by atoms with E-state index >= 15 is 0 Å². The molecule has 0 aliphatic rings. The van der Waals surface area contributed by atoms with E-state index in [1.807, 2.05) is 6.07 Å². The van der Waals surface area contributed by atoms with Crippen LogP contribution in [0.1, 0.15) is 12.0 Å². The molecule has 7 nitrogen and oxygen atoms in total. The highest BCUT2D eigenvalue weighted by Gasteiger charge is 2.06. The van der Waals surface area contributed by atoms with E-state index in [1.54, 1.807) is 31.3 Å². The third kappa shape index (κ3) is 3.11. The molecule has 0 saturated carbocycles. The quantitative estimate of drug-likeness (QED) is 0.875. The molecule has 0 spiro atoms. The molecule has 2 aromatic rings. The van der Waals surface area contributed by atoms with Gasteiger partial charge in [0, 0.05) is 19.2 Å². The molecule has 7 heteroatoms. The summed E-state index contributed by atoms with van der Waals surface area (Å²) in [5, 5.41) is 15.2. The van der Waals surface area contributed by atoms with Crippen LogP contribution in [0, 0.1) is 11.3 Å². The molecule has 0 fully saturated rings. The lowest BCUT2D eigenvalue weighted by Crippen LogP contribution is -2.25. The zero-order valence-electron chi connectivity index (χ0n) is 10.9. The highest BCUT2D eigenvalue weighted by molar-refractivity contribution is 5.90. The van der Waals surface area contributed by atoms with Crippen LogP contribution >= 0.6 is 0 Å². The summed E-state index contributed by atoms with van der Waals surface area (Å²) in [4.78, 5) is 23.2. The topological polar surface area (TPSA) is 92.7 Å². The second-order valence-corrected chi connectivity index (χ2v) is 4.23. The lowest BCUT2D eigenvalue weighted by molar-refractivity contribution is -0.116. The molecular weight excluding hydrogens is 258 g/mol. The summed E-state index contributed by atoms with van der Waals surface area (Å²) >= 11 is 0. The zero-order valence-corrected chi connectivity index (χ0v) is 10.9. The van der Waals surface area contributed by atoms with Crippen LogP contribution < -0.4 is 11.0 Å². The molecule has 0 atom stereocenters. The first kappa shape index (κ1) is 13.5. The predicted octanol–water partition coefficient (Wildman–Crippen LogP) is 0.482. The van der Waals surface area contributed by atoms with E-state index in [2.05, 4.69) is 10.4 Å². The Morgan fingerprint density at radius 2 is 2.10 bits per heavy atom. The van der Waals surface area contributed by atoms with Crippen LogP contribution in [-0.2, 0) is 18.4 Å². The van der Waals surface area contributed by atoms with Crippen molar-refractivity contribution in [2.45, 2.75) is 13.0 Å². The Morgan fingerprint density at radius 1 is 1.40 bits per heavy atom. The van der Waals surface area contributed by atoms with E-state index in [0.29, 0.717) is 11.3 Å². The Morgan fingerprint density at radius 3 is 2.65 bits per heavy atom. The molecule has 0 radical (unpaired) electrons. The highest BCUT2D eigenvalue weighted by atomic mass is 16.2. The average Bonchev–Trinajstić information content (AvgIpc) is 2.77. The Kier molecular flexibility index (Phi) is 3.96. The van der Waals surface area contributed by atoms with E-state index < -0.39 is 0 Å². The molecule has 102 valence electrons. The SMILES string of the molecule is Cn1cnn(CCC(=O)Nc2ccc(C#N)cc2)c1=O. The van der Waals surface area contributed by atoms with Crippen LogP contribution in [0.2, 0.25) is 0 Å². The number of anilines is 1. The number of carbonyl (C=O) groups is 1. The Hall–Kier alpha value is -2.88. The number of nitriles is 1. The maximum absolute atomic E-state index is 11.7. The molecule has 2 rings (SSSR count). The van der Waals surface area contributed by atoms with E-state index in [9.17, 15) is 9.59 Å². The summed E-state index contributed by atoms with van der Waals surface area (Å²) in [5.74, 6) is -0.215. The maximum atomic E-state index is 11.7. The van der Waals surface area contributed by atoms with Crippen LogP contribution in [0.15, 0.2) is 35.4 Å². The highest BCUT2D eigenvalue weighted by Crippen LogP contribution is 2.09. The van der Waals surface area contributed by atoms with Gasteiger partial charge in [0.1, 0.15) is 6.33 Å². The first-order valence-electron chi connectivity index (χ1n) is 5.98. The molecule has 1 aromatic heterocycles. The smallest absolute Gasteiger partial charge is 0.326 e. The lowest BCUT2D eigenvalue weighted by atomic mass is 10.2. The minimum atomic E-state index is -0.254. The molecule has 0 aliphatic carbocycles. The molecule has 0 aliphatic heterocycles. The third-order valence-electron chi connectivity index (χ3n) is 2.74. The fraction of sp³-hybridized carbons (Fsp3) is 0.231. The number of hydrogen-bond acceptors (Lipinski definition) is 4. The monoisotopic (exact) mass is 271 g/mol. The number of aromatic nitrogens is 3. The summed E-state index contributed by atoms with van der Waals surface area (Å²) in [6.07, 6.45) is 1.55. The van der Waals surface area contributed by atoms with Crippen molar-refractivity contribution in [3.8, 4) is 6.07 Å². The first-order valence-corrected chi connectivity index (χ1v) is 5.98. The number of benzene rings is 1. The number of nitrogens with one attached hydrogen (secondary N) is 1. The summed E-state index contributed by atoms with van der Waals surface area (Å²) in [5.41, 5.74) is 0.890. The van der Waals surface area contributed by atoms with Crippen molar-refractivity contribution in [1.29, 1.82) is 5.26 Å². The molecule has 0 unspecified atom stereocenters. The number of hydrogen-bond donors (Lipinski definition) is 1. The Balaban J connectivity index is 1.91. The van der Waals surface area contributed by atoms with E-state index in [0.717, 1.165) is 0 Å². The van der Waals surface area contributed by atoms with Gasteiger partial charge in [-0.15, -0.1) is 0 Å². The van der Waals surface area contributed by atoms with E-state index in [-0.39, 0.29) is 24.6 Å². The van der Waals surface area contributed by atoms with Crippen molar-refractivity contribution in [1.82, 2.24) is 14.3 Å². The summed E-state index contributed by atoms with van der Waals surface area (Å²) in [6.45, 7) is 0.224. The first-order chi connectivity index (χ1) is 9.60. The van der Waals surface area contributed by atoms with Crippen molar-refractivity contribution < 1.29 is 4.79 Å². The van der Waals surface area contributed by atoms with Gasteiger partial charge in [0.25, 0.3) is 0 Å². The van der Waals surface area contributed by atoms with Crippen molar-refractivity contribution in [3.05, 3.63) is 46.6 Å². The second kappa shape index (κ2) is 5.84. The van der Waals surface area contributed by atoms with Gasteiger partial charge in [0.05, 0.1) is 18.2 Å². The van der Waals surface area contributed by atoms with E-state index in [1.165, 1.54) is 15.6 Å². The molecule has 0 bridgehead atoms. The normalized spacial score (nSPS) is 10.0. The van der Waals surface area contributed by atoms with Gasteiger partial charge in [0.2, 0.25) is 5.91 Å². The summed E-state index contributed by atoms with van der Waals surface area (Å²) in [6, 6.07) is 8.56. The largest absolute Gasteiger partial charge is 0.345 e. The van der Waals surface area contributed by atoms with Crippen molar-refractivity contribution >= 4 is 11.6 Å². The van der Waals surface area contributed by atoms with Gasteiger partial charge in [-0.25, -0.2) is 9.48 Å². The van der Waals surface area contributed by atoms with Gasteiger partial charge >= 0.3 is 5.69 Å². The van der Waals surface area contributed by atoms with Gasteiger partial charge in [-0.2, -0.15) is 10.4 Å². The number of carbonyl (C=O) groups excluding carboxylic acids is 1. The number of nitrogens with zero attached hydrogens (tertiary/aromatic N) is 4. The molecule has 20 heavy (non-hydrogen) atoms. The van der Waals surface area contributed by atoms with Crippen LogP contribution in [0.3, 0.4) is 0 Å². The number of aryl methyl sites for hydroxylation is 2. The average molecular weight is 271 g/mol. The van der Waals surface area contributed by atoms with Gasteiger partial charge in [-0.05, 0) is 24.3 Å². The van der Waals surface area contributed by atoms with Crippen molar-refractivity contribution in [2.24, 2.45) is 7.05 Å². The van der Waals surface area contributed by atoms with Crippen molar-refractivity contribution in [2.75, 3.05) is 5.32 Å². The number of amides is 1. The fourth-order valence-corrected chi connectivity index (χ4v) is 1.63. The van der Waals surface area contributed by atoms with Gasteiger partial charge in [-0.3, -0.25) is 9.36 Å². The predicted molar refractivity (Wildman–Crippen MR) is 71.9 cm³/mol. The van der Waals surface area contributed by atoms with Crippen molar-refractivity contribution in [3.63, 3.8) is 0 Å². The van der Waals surface area contributed by atoms with Crippen LogP contribution in [0.25, 0.3) is 0 Å². The summed E-state index contributed by atoms with van der Waals surface area (Å²) < 4.78 is 2.58. The van der Waals surface area contributed by atoms with Crippen LogP contribution in [-0.4, -0.2) is 20.3 Å². The minimum absolute atomic E-state index is 0.150. The molecule has 0 saturated heterocycles. The van der Waals surface area contributed by atoms with Crippen LogP contribution in [0.4, 0.5) is 5.69 Å². The lowest BCUT2D eigenvalue weighted by Gasteiger charge is -2.04. The standard InChI is InChI=1S/C13H13N5O2/c1-17-9-15-18(13(17)20)7-6-12(19)16-11-4-2-10(8-14)3-5-11/h2-5,9H,6-7H2,1H3,(H,16,19). The van der Waals surface area contributed by atoms with E-state index in [4.69, 9.17) is 5.26 Å². The molecule has 1 heterocycles. The molecule has 1 aromatic carbocycles. The molecule has 1 N–H and O–H groups in total. The maximum Gasteiger partial charge on any atom is 0.345 e. The molecular formula is C13H13N5O2. The fourth-order valence-electron chi connectivity index (χ4n) is 1.63. The second-order valence-electron chi connectivity index (χ2n) is 4.23. The minimum Gasteiger partial charge on any atom is -0.326 e. The third-order valence-corrected chi connectivity index (χ3v) is 2.74. The van der Waals surface area contributed by atoms with Gasteiger partial charge < -0.3 is 5.32 Å². The van der Waals surface area contributed by atoms with Crippen LogP contribution in [0.5, 0.6) is 0 Å². The zero-order chi connectivity index (χ0) is 14.5. The Bertz CT molecular complexity index is 706. The van der Waals surface area contributed by atoms with Gasteiger partial charge in [-0.1, -0.05) is 0 Å². The Labute approximate surface area is 115 Å². The number of rotatable bonds is 4. The molecule has 1 amide bonds.